The zero-order chi connectivity index (χ0) is 13.1. The average Bonchev–Trinajstić information content (AvgIpc) is 2.82. The second-order valence-electron chi connectivity index (χ2n) is 4.11. The minimum atomic E-state index is -0.438. The summed E-state index contributed by atoms with van der Waals surface area (Å²) in [5, 5.41) is 3.38. The van der Waals surface area contributed by atoms with Crippen LogP contribution in [0.2, 0.25) is 5.02 Å². The van der Waals surface area contributed by atoms with Crippen LogP contribution in [0.15, 0.2) is 34.7 Å². The zero-order valence-electron chi connectivity index (χ0n) is 10.3. The molecule has 96 valence electrons. The fraction of sp³-hybridized carbons (Fsp3) is 0.286. The molecule has 1 atom stereocenters. The van der Waals surface area contributed by atoms with Crippen molar-refractivity contribution in [3.05, 3.63) is 46.9 Å². The van der Waals surface area contributed by atoms with Gasteiger partial charge in [0.1, 0.15) is 17.3 Å². The number of furan rings is 1. The summed E-state index contributed by atoms with van der Waals surface area (Å²) in [7, 11) is 0. The van der Waals surface area contributed by atoms with Crippen LogP contribution in [0.4, 0.5) is 4.39 Å². The van der Waals surface area contributed by atoms with E-state index in [4.69, 9.17) is 16.0 Å². The molecule has 0 spiro atoms. The van der Waals surface area contributed by atoms with Crippen molar-refractivity contribution >= 4 is 11.6 Å². The number of halogens is 2. The number of hydrogen-bond acceptors (Lipinski definition) is 2. The molecule has 1 aromatic heterocycles. The Balaban J connectivity index is 2.26. The first-order chi connectivity index (χ1) is 8.61. The van der Waals surface area contributed by atoms with Crippen molar-refractivity contribution < 1.29 is 8.81 Å². The third kappa shape index (κ3) is 2.74. The molecule has 0 bridgehead atoms. The van der Waals surface area contributed by atoms with E-state index in [0.29, 0.717) is 11.3 Å². The van der Waals surface area contributed by atoms with Crippen LogP contribution in [0, 0.1) is 5.82 Å². The minimum absolute atomic E-state index is 0.117. The molecule has 1 aromatic carbocycles. The van der Waals surface area contributed by atoms with Gasteiger partial charge in [-0.3, -0.25) is 0 Å². The summed E-state index contributed by atoms with van der Waals surface area (Å²) in [4.78, 5) is 0. The SMILES string of the molecule is CCNC(C)c1ccc(-c2ccc(Cl)c(F)c2)o1. The maximum Gasteiger partial charge on any atom is 0.142 e. The Morgan fingerprint density at radius 2 is 2.11 bits per heavy atom. The lowest BCUT2D eigenvalue weighted by atomic mass is 10.2. The Labute approximate surface area is 111 Å². The molecule has 2 rings (SSSR count). The minimum Gasteiger partial charge on any atom is -0.459 e. The molecule has 0 saturated heterocycles. The molecule has 0 aliphatic carbocycles. The number of benzene rings is 1. The summed E-state index contributed by atoms with van der Waals surface area (Å²) in [6, 6.07) is 8.53. The van der Waals surface area contributed by atoms with Crippen LogP contribution in [0.1, 0.15) is 25.6 Å². The smallest absolute Gasteiger partial charge is 0.142 e. The summed E-state index contributed by atoms with van der Waals surface area (Å²) in [6.45, 7) is 4.93. The lowest BCUT2D eigenvalue weighted by molar-refractivity contribution is 0.445. The number of nitrogens with one attached hydrogen (secondary N) is 1. The topological polar surface area (TPSA) is 25.2 Å². The molecule has 1 N–H and O–H groups in total. The predicted molar refractivity (Wildman–Crippen MR) is 71.2 cm³/mol. The van der Waals surface area contributed by atoms with Gasteiger partial charge in [0.2, 0.25) is 0 Å². The monoisotopic (exact) mass is 267 g/mol. The Hall–Kier alpha value is -1.32. The first kappa shape index (κ1) is 13.1. The summed E-state index contributed by atoms with van der Waals surface area (Å²) in [6.07, 6.45) is 0. The van der Waals surface area contributed by atoms with Crippen LogP contribution in [-0.2, 0) is 0 Å². The Morgan fingerprint density at radius 3 is 2.78 bits per heavy atom. The van der Waals surface area contributed by atoms with Crippen LogP contribution in [0.3, 0.4) is 0 Å². The fourth-order valence-electron chi connectivity index (χ4n) is 1.80. The van der Waals surface area contributed by atoms with E-state index in [9.17, 15) is 4.39 Å². The third-order valence-electron chi connectivity index (χ3n) is 2.77. The predicted octanol–water partition coefficient (Wildman–Crippen LogP) is 4.41. The maximum absolute atomic E-state index is 13.4. The fourth-order valence-corrected chi connectivity index (χ4v) is 1.91. The van der Waals surface area contributed by atoms with Gasteiger partial charge >= 0.3 is 0 Å². The van der Waals surface area contributed by atoms with Crippen molar-refractivity contribution in [3.8, 4) is 11.3 Å². The molecule has 1 unspecified atom stereocenters. The second kappa shape index (κ2) is 5.55. The quantitative estimate of drug-likeness (QED) is 0.888. The van der Waals surface area contributed by atoms with Gasteiger partial charge in [0, 0.05) is 5.56 Å². The summed E-state index contributed by atoms with van der Waals surface area (Å²) < 4.78 is 19.1. The van der Waals surface area contributed by atoms with Gasteiger partial charge in [0.05, 0.1) is 11.1 Å². The highest BCUT2D eigenvalue weighted by atomic mass is 35.5. The van der Waals surface area contributed by atoms with Crippen LogP contribution in [0.5, 0.6) is 0 Å². The van der Waals surface area contributed by atoms with Gasteiger partial charge in [-0.15, -0.1) is 0 Å². The van der Waals surface area contributed by atoms with Crippen molar-refractivity contribution in [2.24, 2.45) is 0 Å². The van der Waals surface area contributed by atoms with Crippen LogP contribution in [0.25, 0.3) is 11.3 Å². The third-order valence-corrected chi connectivity index (χ3v) is 3.07. The molecule has 2 nitrogen and oxygen atoms in total. The van der Waals surface area contributed by atoms with Gasteiger partial charge in [-0.2, -0.15) is 0 Å². The summed E-state index contributed by atoms with van der Waals surface area (Å²) in [5.74, 6) is 1.04. The van der Waals surface area contributed by atoms with Gasteiger partial charge < -0.3 is 9.73 Å². The molecular formula is C14H15ClFNO. The van der Waals surface area contributed by atoms with Crippen LogP contribution in [-0.4, -0.2) is 6.54 Å². The molecular weight excluding hydrogens is 253 g/mol. The molecule has 1 heterocycles. The van der Waals surface area contributed by atoms with Crippen molar-refractivity contribution in [2.75, 3.05) is 6.54 Å². The first-order valence-electron chi connectivity index (χ1n) is 5.90. The lowest BCUT2D eigenvalue weighted by Gasteiger charge is -2.08. The van der Waals surface area contributed by atoms with E-state index in [0.717, 1.165) is 12.3 Å². The molecule has 0 amide bonds. The first-order valence-corrected chi connectivity index (χ1v) is 6.28. The number of hydrogen-bond donors (Lipinski definition) is 1. The van der Waals surface area contributed by atoms with Crippen molar-refractivity contribution in [2.45, 2.75) is 19.9 Å². The Morgan fingerprint density at radius 1 is 1.33 bits per heavy atom. The van der Waals surface area contributed by atoms with Gasteiger partial charge in [0.15, 0.2) is 0 Å². The Bertz CT molecular complexity index is 538. The molecule has 0 fully saturated rings. The molecule has 0 aliphatic rings. The van der Waals surface area contributed by atoms with E-state index < -0.39 is 5.82 Å². The summed E-state index contributed by atoms with van der Waals surface area (Å²) >= 11 is 5.65. The molecule has 2 aromatic rings. The molecule has 0 aliphatic heterocycles. The number of rotatable bonds is 4. The van der Waals surface area contributed by atoms with E-state index in [1.807, 2.05) is 26.0 Å². The second-order valence-corrected chi connectivity index (χ2v) is 4.52. The van der Waals surface area contributed by atoms with Crippen molar-refractivity contribution in [3.63, 3.8) is 0 Å². The van der Waals surface area contributed by atoms with Gasteiger partial charge in [-0.25, -0.2) is 4.39 Å². The standard InChI is InChI=1S/C14H15ClFNO/c1-3-17-9(2)13-6-7-14(18-13)10-4-5-11(15)12(16)8-10/h4-9,17H,3H2,1-2H3. The van der Waals surface area contributed by atoms with Crippen LogP contribution < -0.4 is 5.32 Å². The Kier molecular flexibility index (Phi) is 4.04. The normalized spacial score (nSPS) is 12.7. The highest BCUT2D eigenvalue weighted by molar-refractivity contribution is 6.30. The molecule has 0 radical (unpaired) electrons. The van der Waals surface area contributed by atoms with E-state index in [2.05, 4.69) is 5.32 Å². The van der Waals surface area contributed by atoms with E-state index in [-0.39, 0.29) is 11.1 Å². The highest BCUT2D eigenvalue weighted by Crippen LogP contribution is 2.27. The van der Waals surface area contributed by atoms with Crippen molar-refractivity contribution in [1.82, 2.24) is 5.32 Å². The lowest BCUT2D eigenvalue weighted by Crippen LogP contribution is -2.16. The van der Waals surface area contributed by atoms with Crippen molar-refractivity contribution in [1.29, 1.82) is 0 Å². The molecule has 0 saturated carbocycles. The zero-order valence-corrected chi connectivity index (χ0v) is 11.1. The van der Waals surface area contributed by atoms with E-state index in [1.54, 1.807) is 6.07 Å². The van der Waals surface area contributed by atoms with Gasteiger partial charge in [-0.1, -0.05) is 18.5 Å². The maximum atomic E-state index is 13.4. The van der Waals surface area contributed by atoms with E-state index in [1.165, 1.54) is 12.1 Å². The summed E-state index contributed by atoms with van der Waals surface area (Å²) in [5.41, 5.74) is 0.687. The van der Waals surface area contributed by atoms with E-state index >= 15 is 0 Å². The largest absolute Gasteiger partial charge is 0.459 e. The molecule has 4 heteroatoms. The van der Waals surface area contributed by atoms with Crippen LogP contribution >= 0.6 is 11.6 Å². The highest BCUT2D eigenvalue weighted by Gasteiger charge is 2.11. The molecule has 18 heavy (non-hydrogen) atoms. The average molecular weight is 268 g/mol. The van der Waals surface area contributed by atoms with Gasteiger partial charge in [-0.05, 0) is 43.8 Å². The van der Waals surface area contributed by atoms with Gasteiger partial charge in [0.25, 0.3) is 0 Å².